The standard InChI is InChI=1S/C60H76N6O19/c1-9-29(4)50(65(7)42(69)21-32-15-17-33(18-16-32)22-44(71)72)59(81)62-30(5)56(78)61-26-43(70)66-19-11-13-38(66)58(80)64-37(20-28(2)3)57(79)63-36-23-45(84-31(6)51(36)73)85-40-25-60(82,41(68)27-67)24-35-47(40)55(77)49-48(53(35)75)52(74)34-12-10-14-39(83-8)46(34)54(49)76/h10,12,14-18,28-31,36-38,40,45,50-51,67,73,75,77,82H,9,11,13,19-27H2,1-8H3,(H,61,78)(H,62,81)(H,63,79)(H,64,80)(H,71,72)/t29?,30-,31?,36?,37-,38-,40-,45?,50-,51?,60-/m0/s1. The molecule has 0 radical (unpaired) electrons. The molecule has 11 atom stereocenters. The van der Waals surface area contributed by atoms with E-state index in [0.29, 0.717) is 24.0 Å². The molecule has 2 fully saturated rings. The van der Waals surface area contributed by atoms with Crippen molar-refractivity contribution in [3.05, 3.63) is 87.0 Å². The number of likely N-dealkylation sites (tertiary alicyclic amines) is 1. The van der Waals surface area contributed by atoms with Gasteiger partial charge in [-0.1, -0.05) is 70.5 Å². The number of ether oxygens (including phenoxy) is 3. The third kappa shape index (κ3) is 14.0. The van der Waals surface area contributed by atoms with E-state index in [4.69, 9.17) is 19.3 Å². The number of carboxylic acid groups (broad SMARTS) is 1. The Balaban J connectivity index is 0.993. The number of phenolic OH excluding ortho intramolecular Hbond substituents is 2. The van der Waals surface area contributed by atoms with Gasteiger partial charge in [0.25, 0.3) is 0 Å². The minimum atomic E-state index is -2.44. The Hall–Kier alpha value is -7.84. The number of hydrogen-bond donors (Lipinski definition) is 10. The predicted octanol–water partition coefficient (Wildman–Crippen LogP) is 1.04. The number of methoxy groups -OCH3 is 1. The maximum Gasteiger partial charge on any atom is 0.307 e. The molecule has 2 aliphatic carbocycles. The summed E-state index contributed by atoms with van der Waals surface area (Å²) in [5.41, 5.74) is -3.35. The maximum atomic E-state index is 14.3. The summed E-state index contributed by atoms with van der Waals surface area (Å²) >= 11 is 0. The van der Waals surface area contributed by atoms with Crippen LogP contribution in [0.2, 0.25) is 0 Å². The lowest BCUT2D eigenvalue weighted by atomic mass is 9.72. The molecule has 10 N–H and O–H groups in total. The van der Waals surface area contributed by atoms with Crippen molar-refractivity contribution in [3.63, 3.8) is 0 Å². The van der Waals surface area contributed by atoms with Crippen LogP contribution in [0.15, 0.2) is 42.5 Å². The van der Waals surface area contributed by atoms with Crippen LogP contribution in [-0.2, 0) is 67.1 Å². The Kier molecular flexibility index (Phi) is 20.6. The van der Waals surface area contributed by atoms with Crippen molar-refractivity contribution in [2.45, 2.75) is 160 Å². The van der Waals surface area contributed by atoms with Gasteiger partial charge >= 0.3 is 5.97 Å². The highest BCUT2D eigenvalue weighted by molar-refractivity contribution is 6.31. The molecule has 25 heteroatoms. The van der Waals surface area contributed by atoms with E-state index >= 15 is 0 Å². The number of Topliss-reactive ketones (excluding diaryl/α,β-unsaturated/α-hetero) is 1. The zero-order valence-corrected chi connectivity index (χ0v) is 48.8. The third-order valence-electron chi connectivity index (χ3n) is 16.5. The minimum Gasteiger partial charge on any atom is -0.507 e. The molecule has 3 aromatic rings. The van der Waals surface area contributed by atoms with Gasteiger partial charge < -0.3 is 75.9 Å². The fourth-order valence-electron chi connectivity index (χ4n) is 11.7. The molecule has 3 aromatic carbocycles. The zero-order valence-electron chi connectivity index (χ0n) is 48.8. The molecule has 2 saturated heterocycles. The second kappa shape index (κ2) is 27.0. The number of aromatic hydroxyl groups is 2. The topological polar surface area (TPSA) is 374 Å². The smallest absolute Gasteiger partial charge is 0.307 e. The van der Waals surface area contributed by atoms with Crippen molar-refractivity contribution in [2.24, 2.45) is 11.8 Å². The number of aliphatic hydroxyl groups is 3. The Morgan fingerprint density at radius 2 is 1.54 bits per heavy atom. The lowest BCUT2D eigenvalue weighted by molar-refractivity contribution is -0.249. The number of aliphatic carboxylic acids is 1. The number of amides is 6. The summed E-state index contributed by atoms with van der Waals surface area (Å²) in [5, 5.41) is 76.7. The number of carboxylic acids is 1. The normalized spacial score (nSPS) is 23.0. The van der Waals surface area contributed by atoms with Gasteiger partial charge in [-0.3, -0.25) is 47.9 Å². The Morgan fingerprint density at radius 1 is 0.882 bits per heavy atom. The first-order valence-electron chi connectivity index (χ1n) is 28.4. The molecule has 2 aliphatic heterocycles. The van der Waals surface area contributed by atoms with Crippen LogP contribution in [0.1, 0.15) is 140 Å². The van der Waals surface area contributed by atoms with E-state index in [0.717, 1.165) is 0 Å². The van der Waals surface area contributed by atoms with E-state index in [1.807, 2.05) is 20.8 Å². The highest BCUT2D eigenvalue weighted by Gasteiger charge is 2.51. The molecule has 2 heterocycles. The van der Waals surface area contributed by atoms with E-state index < -0.39 is 162 Å². The molecular weight excluding hydrogens is 1110 g/mol. The van der Waals surface area contributed by atoms with Crippen LogP contribution in [0.3, 0.4) is 0 Å². The van der Waals surface area contributed by atoms with Gasteiger partial charge in [-0.05, 0) is 62.1 Å². The fraction of sp³-hybridized carbons (Fsp3) is 0.533. The number of phenols is 2. The number of rotatable bonds is 23. The van der Waals surface area contributed by atoms with Gasteiger partial charge in [0, 0.05) is 49.5 Å². The lowest BCUT2D eigenvalue weighted by Gasteiger charge is -2.43. The molecule has 25 nitrogen and oxygen atoms in total. The monoisotopic (exact) mass is 1180 g/mol. The summed E-state index contributed by atoms with van der Waals surface area (Å²) in [7, 11) is 2.77. The second-order valence-corrected chi connectivity index (χ2v) is 22.9. The molecular formula is C60H76N6O19. The summed E-state index contributed by atoms with van der Waals surface area (Å²) in [6.45, 7) is 8.60. The summed E-state index contributed by atoms with van der Waals surface area (Å²) in [4.78, 5) is 138. The second-order valence-electron chi connectivity index (χ2n) is 22.9. The summed E-state index contributed by atoms with van der Waals surface area (Å²) in [6.07, 6.45) is -6.16. The van der Waals surface area contributed by atoms with E-state index in [1.165, 1.54) is 56.0 Å². The van der Waals surface area contributed by atoms with Crippen molar-refractivity contribution >= 4 is 58.8 Å². The van der Waals surface area contributed by atoms with Crippen LogP contribution in [0.25, 0.3) is 0 Å². The summed E-state index contributed by atoms with van der Waals surface area (Å²) in [6, 6.07) is 5.19. The number of nitrogens with one attached hydrogen (secondary N) is 4. The average molecular weight is 1190 g/mol. The molecule has 5 unspecified atom stereocenters. The Morgan fingerprint density at radius 3 is 2.16 bits per heavy atom. The van der Waals surface area contributed by atoms with Gasteiger partial charge in [0.15, 0.2) is 17.9 Å². The number of carbonyl (C=O) groups excluding carboxylic acids is 9. The third-order valence-corrected chi connectivity index (χ3v) is 16.5. The van der Waals surface area contributed by atoms with E-state index in [2.05, 4.69) is 21.3 Å². The highest BCUT2D eigenvalue weighted by Crippen LogP contribution is 2.52. The molecule has 0 spiro atoms. The highest BCUT2D eigenvalue weighted by atomic mass is 16.7. The van der Waals surface area contributed by atoms with Crippen LogP contribution >= 0.6 is 0 Å². The maximum absolute atomic E-state index is 14.3. The van der Waals surface area contributed by atoms with Gasteiger partial charge in [-0.25, -0.2) is 0 Å². The lowest BCUT2D eigenvalue weighted by Crippen LogP contribution is -2.60. The average Bonchev–Trinajstić information content (AvgIpc) is 1.15. The molecule has 4 aliphatic rings. The number of fused-ring (bicyclic) bond motifs is 3. The number of benzene rings is 3. The molecule has 0 aromatic heterocycles. The van der Waals surface area contributed by atoms with Crippen LogP contribution in [-0.4, -0.2) is 187 Å². The van der Waals surface area contributed by atoms with Crippen LogP contribution in [0.5, 0.6) is 17.2 Å². The van der Waals surface area contributed by atoms with Crippen molar-refractivity contribution in [1.29, 1.82) is 0 Å². The SMILES string of the molecule is CCC(C)[C@@H](C(=O)N[C@@H](C)C(=O)NCC(=O)N1CCC[C@H]1C(=O)N[C@@H](CC(C)C)C(=O)NC1CC(O[C@H]2C[C@](O)(C(=O)CO)Cc3c(O)c4c(c(O)c32)C(=O)c2c(OC)cccc2C4=O)OC(C)C1O)N(C)C(=O)Cc1ccc(CC(=O)O)cc1. The van der Waals surface area contributed by atoms with Gasteiger partial charge in [-0.15, -0.1) is 0 Å². The van der Waals surface area contributed by atoms with Gasteiger partial charge in [0.1, 0.15) is 59.7 Å². The van der Waals surface area contributed by atoms with E-state index in [-0.39, 0.29) is 84.4 Å². The van der Waals surface area contributed by atoms with E-state index in [1.54, 1.807) is 31.2 Å². The fourth-order valence-corrected chi connectivity index (χ4v) is 11.7. The number of aliphatic hydroxyl groups excluding tert-OH is 2. The first kappa shape index (κ1) is 64.7. The van der Waals surface area contributed by atoms with Crippen LogP contribution in [0, 0.1) is 11.8 Å². The quantitative estimate of drug-likeness (QED) is 0.0464. The number of ketones is 3. The molecule has 85 heavy (non-hydrogen) atoms. The largest absolute Gasteiger partial charge is 0.507 e. The number of nitrogens with zero attached hydrogens (tertiary/aromatic N) is 2. The van der Waals surface area contributed by atoms with Crippen LogP contribution < -0.4 is 26.0 Å². The molecule has 0 bridgehead atoms. The van der Waals surface area contributed by atoms with Crippen LogP contribution in [0.4, 0.5) is 0 Å². The number of likely N-dealkylation sites (N-methyl/N-ethyl adjacent to an activating group) is 1. The number of carbonyl (C=O) groups is 10. The van der Waals surface area contributed by atoms with Crippen molar-refractivity contribution in [1.82, 2.24) is 31.1 Å². The molecule has 0 saturated carbocycles. The van der Waals surface area contributed by atoms with Crippen molar-refractivity contribution in [3.8, 4) is 17.2 Å². The molecule has 7 rings (SSSR count). The summed E-state index contributed by atoms with van der Waals surface area (Å²) < 4.78 is 17.7. The molecule has 460 valence electrons. The summed E-state index contributed by atoms with van der Waals surface area (Å²) in [5.74, 6) is -9.65. The van der Waals surface area contributed by atoms with E-state index in [9.17, 15) is 73.5 Å². The van der Waals surface area contributed by atoms with Gasteiger partial charge in [0.05, 0.1) is 61.4 Å². The number of hydrogen-bond acceptors (Lipinski definition) is 18. The predicted molar refractivity (Wildman–Crippen MR) is 300 cm³/mol. The van der Waals surface area contributed by atoms with Gasteiger partial charge in [-0.2, -0.15) is 0 Å². The Labute approximate surface area is 490 Å². The van der Waals surface area contributed by atoms with Gasteiger partial charge in [0.2, 0.25) is 41.2 Å². The minimum absolute atomic E-state index is 0.0126. The first-order valence-corrected chi connectivity index (χ1v) is 28.4. The van der Waals surface area contributed by atoms with Crippen molar-refractivity contribution < 1.29 is 92.8 Å². The first-order chi connectivity index (χ1) is 40.1. The molecule has 6 amide bonds. The van der Waals surface area contributed by atoms with Crippen molar-refractivity contribution in [2.75, 3.05) is 33.9 Å². The zero-order chi connectivity index (χ0) is 62.5. The Bertz CT molecular complexity index is 3110.